The standard InChI is InChI=1S/C40H22N4S/c1-3-7-33-28(5-1)31-22-41-38-29-6-2-4-8-34(29)44-27-16-11-24(12-17-27)32-18-20-36-37(42-32)30-21-25(13-19-35(30)45-36)23-9-14-26(15-10-23)43(33)39(31)40(38)44/h1-22H. The molecule has 0 atom stereocenters. The second-order valence-corrected chi connectivity index (χ2v) is 13.0. The van der Waals surface area contributed by atoms with E-state index in [0.29, 0.717) is 0 Å². The minimum atomic E-state index is 0.982. The number of pyridine rings is 2. The van der Waals surface area contributed by atoms with Crippen molar-refractivity contribution in [1.29, 1.82) is 0 Å². The van der Waals surface area contributed by atoms with Gasteiger partial charge in [-0.1, -0.05) is 66.7 Å². The van der Waals surface area contributed by atoms with Crippen molar-refractivity contribution >= 4 is 108 Å². The SMILES string of the molecule is c1ccc2c(c1)c1cnc3c4ccccc4n4c5ccc(cc5)c5ccc6sc7ccc(cc7c6n5)c5ccc(cc5)n2c1c34. The zero-order valence-electron chi connectivity index (χ0n) is 23.9. The fourth-order valence-electron chi connectivity index (χ4n) is 7.43. The van der Waals surface area contributed by atoms with Gasteiger partial charge in [0.05, 0.1) is 43.3 Å². The van der Waals surface area contributed by atoms with Crippen LogP contribution >= 0.6 is 11.3 Å². The number of fused-ring (bicyclic) bond motifs is 4. The van der Waals surface area contributed by atoms with E-state index in [1.165, 1.54) is 36.5 Å². The molecule has 5 heteroatoms. The van der Waals surface area contributed by atoms with Gasteiger partial charge in [0.25, 0.3) is 0 Å². The van der Waals surface area contributed by atoms with Crippen LogP contribution in [-0.2, 0) is 0 Å². The number of para-hydroxylation sites is 2. The fraction of sp³-hybridized carbons (Fsp3) is 0. The lowest BCUT2D eigenvalue weighted by molar-refractivity contribution is 1.29. The largest absolute Gasteiger partial charge is 0.307 e. The zero-order chi connectivity index (χ0) is 29.2. The van der Waals surface area contributed by atoms with Gasteiger partial charge in [-0.3, -0.25) is 4.98 Å². The predicted molar refractivity (Wildman–Crippen MR) is 191 cm³/mol. The molecule has 4 nitrogen and oxygen atoms in total. The maximum Gasteiger partial charge on any atom is 0.0985 e. The summed E-state index contributed by atoms with van der Waals surface area (Å²) in [6.07, 6.45) is 2.06. The van der Waals surface area contributed by atoms with Crippen molar-refractivity contribution in [2.24, 2.45) is 0 Å². The van der Waals surface area contributed by atoms with Gasteiger partial charge in [-0.25, -0.2) is 4.98 Å². The van der Waals surface area contributed by atoms with Crippen LogP contribution in [0.3, 0.4) is 0 Å². The highest BCUT2D eigenvalue weighted by Crippen LogP contribution is 2.39. The first-order chi connectivity index (χ1) is 22.3. The van der Waals surface area contributed by atoms with Gasteiger partial charge in [0.15, 0.2) is 0 Å². The van der Waals surface area contributed by atoms with Gasteiger partial charge in [-0.15, -0.1) is 11.3 Å². The van der Waals surface area contributed by atoms with Gasteiger partial charge in [0, 0.05) is 48.9 Å². The van der Waals surface area contributed by atoms with Crippen LogP contribution < -0.4 is 0 Å². The predicted octanol–water partition coefficient (Wildman–Crippen LogP) is 10.8. The van der Waals surface area contributed by atoms with E-state index >= 15 is 0 Å². The Bertz CT molecular complexity index is 2860. The van der Waals surface area contributed by atoms with Crippen molar-refractivity contribution in [3.63, 3.8) is 0 Å². The molecule has 0 aliphatic heterocycles. The Balaban J connectivity index is 1.46. The van der Waals surface area contributed by atoms with Gasteiger partial charge in [-0.2, -0.15) is 0 Å². The van der Waals surface area contributed by atoms with E-state index in [9.17, 15) is 0 Å². The first-order valence-corrected chi connectivity index (χ1v) is 16.0. The zero-order valence-corrected chi connectivity index (χ0v) is 24.7. The molecule has 0 unspecified atom stereocenters. The quantitative estimate of drug-likeness (QED) is 0.176. The van der Waals surface area contributed by atoms with Crippen molar-refractivity contribution in [1.82, 2.24) is 18.8 Å². The molecule has 14 rings (SSSR count). The first-order valence-electron chi connectivity index (χ1n) is 15.2. The highest BCUT2D eigenvalue weighted by molar-refractivity contribution is 7.25. The lowest BCUT2D eigenvalue weighted by atomic mass is 10.1. The summed E-state index contributed by atoms with van der Waals surface area (Å²) in [6.45, 7) is 0. The Labute approximate surface area is 259 Å². The Kier molecular flexibility index (Phi) is 4.43. The molecule has 14 aromatic rings. The number of benzene rings is 5. The van der Waals surface area contributed by atoms with Crippen LogP contribution in [0.5, 0.6) is 0 Å². The number of nitrogens with zero attached hydrogens (tertiary/aromatic N) is 4. The minimum Gasteiger partial charge on any atom is -0.307 e. The molecular formula is C40H22N4S. The third-order valence-corrected chi connectivity index (χ3v) is 10.6. The highest BCUT2D eigenvalue weighted by atomic mass is 32.1. The van der Waals surface area contributed by atoms with E-state index in [4.69, 9.17) is 9.97 Å². The fourth-order valence-corrected chi connectivity index (χ4v) is 8.46. The molecule has 208 valence electrons. The number of hydrogen-bond donors (Lipinski definition) is 0. The third kappa shape index (κ3) is 3.10. The van der Waals surface area contributed by atoms with Crippen molar-refractivity contribution in [2.75, 3.05) is 0 Å². The molecule has 8 bridgehead atoms. The topological polar surface area (TPSA) is 34.6 Å². The van der Waals surface area contributed by atoms with Crippen molar-refractivity contribution in [2.45, 2.75) is 0 Å². The smallest absolute Gasteiger partial charge is 0.0985 e. The van der Waals surface area contributed by atoms with E-state index in [1.807, 2.05) is 0 Å². The lowest BCUT2D eigenvalue weighted by Gasteiger charge is -2.05. The Morgan fingerprint density at radius 1 is 0.467 bits per heavy atom. The normalized spacial score (nSPS) is 12.4. The third-order valence-electron chi connectivity index (χ3n) is 9.50. The van der Waals surface area contributed by atoms with Gasteiger partial charge in [0.2, 0.25) is 0 Å². The molecule has 0 N–H and O–H groups in total. The number of rotatable bonds is 0. The van der Waals surface area contributed by atoms with Gasteiger partial charge >= 0.3 is 0 Å². The summed E-state index contributed by atoms with van der Waals surface area (Å²) >= 11 is 1.81. The molecule has 0 radical (unpaired) electrons. The first kappa shape index (κ1) is 23.6. The van der Waals surface area contributed by atoms with Crippen LogP contribution in [0.15, 0.2) is 134 Å². The Hall–Kier alpha value is -5.78. The molecule has 0 aliphatic rings. The van der Waals surface area contributed by atoms with Crippen molar-refractivity contribution in [3.05, 3.63) is 134 Å². The van der Waals surface area contributed by atoms with E-state index < -0.39 is 0 Å². The molecule has 0 fully saturated rings. The van der Waals surface area contributed by atoms with Crippen LogP contribution in [0.2, 0.25) is 0 Å². The molecule has 0 saturated heterocycles. The van der Waals surface area contributed by atoms with E-state index in [2.05, 4.69) is 142 Å². The number of thiophene rings is 1. The average Bonchev–Trinajstić information content (AvgIpc) is 3.75. The highest BCUT2D eigenvalue weighted by Gasteiger charge is 2.18. The molecule has 0 saturated carbocycles. The van der Waals surface area contributed by atoms with Crippen LogP contribution in [0.25, 0.3) is 96.8 Å². The average molecular weight is 591 g/mol. The van der Waals surface area contributed by atoms with Crippen LogP contribution in [0.1, 0.15) is 0 Å². The summed E-state index contributed by atoms with van der Waals surface area (Å²) in [6, 6.07) is 46.3. The van der Waals surface area contributed by atoms with Gasteiger partial charge < -0.3 is 8.80 Å². The molecular weight excluding hydrogens is 569 g/mol. The number of aromatic nitrogens is 4. The second-order valence-electron chi connectivity index (χ2n) is 11.9. The van der Waals surface area contributed by atoms with Crippen molar-refractivity contribution < 1.29 is 0 Å². The maximum atomic E-state index is 5.22. The van der Waals surface area contributed by atoms with Gasteiger partial charge in [-0.05, 0) is 71.4 Å². The molecule has 5 aromatic carbocycles. The maximum absolute atomic E-state index is 5.22. The summed E-state index contributed by atoms with van der Waals surface area (Å²) in [5.74, 6) is 0. The van der Waals surface area contributed by atoms with Crippen LogP contribution in [0.4, 0.5) is 0 Å². The summed E-state index contributed by atoms with van der Waals surface area (Å²) in [7, 11) is 0. The monoisotopic (exact) mass is 590 g/mol. The molecule has 0 aliphatic carbocycles. The van der Waals surface area contributed by atoms with Gasteiger partial charge in [0.1, 0.15) is 0 Å². The summed E-state index contributed by atoms with van der Waals surface area (Å²) < 4.78 is 7.28. The molecule has 9 heterocycles. The van der Waals surface area contributed by atoms with Crippen molar-refractivity contribution in [3.8, 4) is 0 Å². The molecule has 45 heavy (non-hydrogen) atoms. The molecule has 0 spiro atoms. The molecule has 0 amide bonds. The minimum absolute atomic E-state index is 0.982. The van der Waals surface area contributed by atoms with E-state index in [-0.39, 0.29) is 0 Å². The van der Waals surface area contributed by atoms with Crippen LogP contribution in [0, 0.1) is 0 Å². The Morgan fingerprint density at radius 2 is 1.11 bits per heavy atom. The number of hydrogen-bond acceptors (Lipinski definition) is 3. The second kappa shape index (κ2) is 8.44. The van der Waals surface area contributed by atoms with Crippen LogP contribution in [-0.4, -0.2) is 18.8 Å². The summed E-state index contributed by atoms with van der Waals surface area (Å²) in [5, 5.41) is 8.17. The molecule has 9 aromatic heterocycles. The van der Waals surface area contributed by atoms with E-state index in [1.54, 1.807) is 11.3 Å². The lowest BCUT2D eigenvalue weighted by Crippen LogP contribution is -1.90. The Morgan fingerprint density at radius 3 is 1.91 bits per heavy atom. The summed E-state index contributed by atoms with van der Waals surface area (Å²) in [5.41, 5.74) is 9.85. The summed E-state index contributed by atoms with van der Waals surface area (Å²) in [4.78, 5) is 10.4. The van der Waals surface area contributed by atoms with E-state index in [0.717, 1.165) is 60.3 Å².